The molecule has 0 unspecified atom stereocenters. The van der Waals surface area contributed by atoms with Gasteiger partial charge in [-0.15, -0.1) is 0 Å². The molecule has 552 valence electrons. The van der Waals surface area contributed by atoms with Crippen molar-refractivity contribution in [2.24, 2.45) is 0 Å². The molecule has 7 rings (SSSR count). The lowest BCUT2D eigenvalue weighted by Crippen LogP contribution is -2.30. The molecule has 0 radical (unpaired) electrons. The van der Waals surface area contributed by atoms with Crippen LogP contribution in [0.4, 0.5) is 0 Å². The Morgan fingerprint density at radius 3 is 0.730 bits per heavy atom. The van der Waals surface area contributed by atoms with Crippen molar-refractivity contribution in [3.05, 3.63) is 203 Å². The van der Waals surface area contributed by atoms with Crippen LogP contribution in [0.2, 0.25) is 0 Å². The first-order chi connectivity index (χ1) is 47.5. The molecule has 0 saturated carbocycles. The molecule has 7 aromatic rings. The largest absolute Gasteiger partial charge is 0.258 e. The van der Waals surface area contributed by atoms with E-state index in [1.165, 1.54) is 175 Å². The van der Waals surface area contributed by atoms with Gasteiger partial charge in [-0.05, 0) is 252 Å². The zero-order chi connectivity index (χ0) is 74.7. The third kappa shape index (κ3) is 22.7. The number of benzene rings is 6. The van der Waals surface area contributed by atoms with Gasteiger partial charge in [0.25, 0.3) is 0 Å². The highest BCUT2D eigenvalue weighted by Gasteiger charge is 2.36. The molecule has 1 aromatic heterocycles. The fourth-order valence-electron chi connectivity index (χ4n) is 17.2. The highest BCUT2D eigenvalue weighted by Crippen LogP contribution is 2.49. The molecular formula is C99H151N. The van der Waals surface area contributed by atoms with Gasteiger partial charge in [0.1, 0.15) is 0 Å². The fraction of sp³-hybridized carbons (Fsp3) is 0.586. The lowest BCUT2D eigenvalue weighted by atomic mass is 9.65. The Kier molecular flexibility index (Phi) is 36.7. The van der Waals surface area contributed by atoms with Crippen molar-refractivity contribution >= 4 is 0 Å². The van der Waals surface area contributed by atoms with Crippen LogP contribution in [0.1, 0.15) is 388 Å². The van der Waals surface area contributed by atoms with Gasteiger partial charge in [-0.3, -0.25) is 4.98 Å². The number of aryl methyl sites for hydroxylation is 3. The smallest absolute Gasteiger partial charge is 0.0438 e. The van der Waals surface area contributed by atoms with Crippen molar-refractivity contribution in [1.82, 2.24) is 4.98 Å². The predicted octanol–water partition coefficient (Wildman–Crippen LogP) is 30.1. The fourth-order valence-corrected chi connectivity index (χ4v) is 17.2. The molecule has 0 fully saturated rings. The minimum atomic E-state index is 0.180. The van der Waals surface area contributed by atoms with Crippen LogP contribution in [0.3, 0.4) is 0 Å². The summed E-state index contributed by atoms with van der Waals surface area (Å²) in [6.07, 6.45) is 28.5. The monoisotopic (exact) mass is 1350 g/mol. The molecule has 1 nitrogen and oxygen atoms in total. The first kappa shape index (κ1) is 86.9. The summed E-state index contributed by atoms with van der Waals surface area (Å²) in [6.45, 7) is 66.2. The zero-order valence-corrected chi connectivity index (χ0v) is 70.4. The maximum atomic E-state index is 4.79. The van der Waals surface area contributed by atoms with Gasteiger partial charge in [-0.25, -0.2) is 0 Å². The average Bonchev–Trinajstić information content (AvgIpc) is 0.737. The highest BCUT2D eigenvalue weighted by molar-refractivity contribution is 5.92. The van der Waals surface area contributed by atoms with Crippen molar-refractivity contribution in [2.45, 2.75) is 382 Å². The van der Waals surface area contributed by atoms with E-state index in [2.05, 4.69) is 291 Å². The van der Waals surface area contributed by atoms with Gasteiger partial charge < -0.3 is 0 Å². The summed E-state index contributed by atoms with van der Waals surface area (Å²) in [7, 11) is 0. The predicted molar refractivity (Wildman–Crippen MR) is 451 cm³/mol. The van der Waals surface area contributed by atoms with Gasteiger partial charge >= 0.3 is 0 Å². The molecule has 1 heterocycles. The lowest BCUT2D eigenvalue weighted by Gasteiger charge is -2.40. The summed E-state index contributed by atoms with van der Waals surface area (Å²) < 4.78 is 0. The molecule has 0 aliphatic carbocycles. The molecule has 0 saturated heterocycles. The zero-order valence-electron chi connectivity index (χ0n) is 70.4. The van der Waals surface area contributed by atoms with Crippen molar-refractivity contribution in [3.63, 3.8) is 0 Å². The third-order valence-electron chi connectivity index (χ3n) is 20.3. The maximum absolute atomic E-state index is 4.79. The van der Waals surface area contributed by atoms with Crippen LogP contribution in [-0.2, 0) is 93.3 Å². The van der Waals surface area contributed by atoms with E-state index in [1.54, 1.807) is 66.8 Å². The van der Waals surface area contributed by atoms with E-state index >= 15 is 0 Å². The van der Waals surface area contributed by atoms with Crippen molar-refractivity contribution in [1.29, 1.82) is 0 Å². The third-order valence-corrected chi connectivity index (χ3v) is 20.3. The van der Waals surface area contributed by atoms with Crippen molar-refractivity contribution < 1.29 is 0 Å². The van der Waals surface area contributed by atoms with E-state index in [9.17, 15) is 0 Å². The molecule has 0 bridgehead atoms. The molecular weight excluding hydrogens is 1200 g/mol. The van der Waals surface area contributed by atoms with E-state index in [1.807, 2.05) is 0 Å². The molecule has 0 atom stereocenters. The number of hydrogen-bond donors (Lipinski definition) is 0. The molecule has 0 spiro atoms. The summed E-state index contributed by atoms with van der Waals surface area (Å²) in [6, 6.07) is 35.6. The minimum absolute atomic E-state index is 0.180. The second-order valence-electron chi connectivity index (χ2n) is 33.5. The lowest BCUT2D eigenvalue weighted by molar-refractivity contribution is 0.515. The van der Waals surface area contributed by atoms with Crippen LogP contribution >= 0.6 is 0 Å². The molecule has 1 heteroatoms. The quantitative estimate of drug-likeness (QED) is 0.0437. The summed E-state index contributed by atoms with van der Waals surface area (Å²) >= 11 is 0. The van der Waals surface area contributed by atoms with Crippen LogP contribution in [0.25, 0.3) is 33.4 Å². The molecule has 0 N–H and O–H groups in total. The van der Waals surface area contributed by atoms with Crippen LogP contribution in [0, 0.1) is 6.92 Å². The second-order valence-corrected chi connectivity index (χ2v) is 33.5. The number of hydrogen-bond acceptors (Lipinski definition) is 1. The number of nitrogens with zero attached hydrogens (tertiary/aromatic N) is 1. The molecule has 0 amide bonds. The van der Waals surface area contributed by atoms with E-state index < -0.39 is 0 Å². The number of rotatable bonds is 30. The first-order valence-electron chi connectivity index (χ1n) is 41.3. The topological polar surface area (TPSA) is 12.9 Å². The Labute approximate surface area is 619 Å². The van der Waals surface area contributed by atoms with Gasteiger partial charge in [0.15, 0.2) is 0 Å². The summed E-state index contributed by atoms with van der Waals surface area (Å²) in [5.74, 6) is 1.87. The number of aromatic nitrogens is 1. The molecule has 6 aromatic carbocycles. The van der Waals surface area contributed by atoms with Crippen molar-refractivity contribution in [3.8, 4) is 33.4 Å². The van der Waals surface area contributed by atoms with Crippen LogP contribution in [0.5, 0.6) is 0 Å². The summed E-state index contributed by atoms with van der Waals surface area (Å²) in [5.41, 5.74) is 39.4. The normalized spacial score (nSPS) is 11.8. The maximum Gasteiger partial charge on any atom is 0.0438 e. The Hall–Kier alpha value is -5.53. The van der Waals surface area contributed by atoms with Gasteiger partial charge in [-0.2, -0.15) is 0 Å². The van der Waals surface area contributed by atoms with Gasteiger partial charge in [0, 0.05) is 11.4 Å². The van der Waals surface area contributed by atoms with E-state index in [4.69, 9.17) is 4.98 Å². The van der Waals surface area contributed by atoms with E-state index in [0.717, 1.165) is 51.4 Å². The van der Waals surface area contributed by atoms with Gasteiger partial charge in [-0.1, -0.05) is 355 Å². The molecule has 0 aliphatic rings. The standard InChI is InChI=1S/C33H36.C27H48.C24H42.C15H25N/c1-4-16-28-31(25-19-10-7-11-20-25)29(17-5-2)33(27-23-14-9-15-24-27)30(18-6-3)32(28)26-21-12-8-13-22-26;1-13-16-19-22(25(4,5)6)20(17-14-2)24(27(10,11)12)21(18-15-3)23(19)26(7,8)9;1-10-13-19-22(16(4)5)20(14-11-2)24(18(8)9)21(15-12-3)23(19)17(6)7;1-5-8-13-11-14(9-6-2)16-15(10-7-3)12(13)4/h7-15,19-24H,4-6,16-18H2,1-3H3;13-18H2,1-12H3;16-18H,10-15H2,1-9H3;11H,5-10H2,1-4H3. The van der Waals surface area contributed by atoms with E-state index in [-0.39, 0.29) is 16.2 Å². The van der Waals surface area contributed by atoms with Gasteiger partial charge in [0.2, 0.25) is 0 Å². The SMILES string of the molecule is CCCc1c(-c2ccccc2)c(CCC)c(-c2ccccc2)c(CCC)c1-c1ccccc1.CCCc1c(C(C)(C)C)c(CCC)c(C(C)(C)C)c(CCC)c1C(C)(C)C.CCCc1c(C(C)C)c(CCC)c(C(C)C)c(CCC)c1C(C)C.CCCc1cc(CCC)c(C)c(CCC)n1. The number of pyridine rings is 1. The Morgan fingerprint density at radius 1 is 0.280 bits per heavy atom. The Bertz CT molecular complexity index is 3110. The molecule has 100 heavy (non-hydrogen) atoms. The van der Waals surface area contributed by atoms with Crippen LogP contribution < -0.4 is 0 Å². The van der Waals surface area contributed by atoms with Crippen LogP contribution in [-0.4, -0.2) is 4.98 Å². The Balaban J connectivity index is 0.000000291. The van der Waals surface area contributed by atoms with Crippen molar-refractivity contribution in [2.75, 3.05) is 0 Å². The van der Waals surface area contributed by atoms with Gasteiger partial charge in [0.05, 0.1) is 0 Å². The van der Waals surface area contributed by atoms with Crippen LogP contribution in [0.15, 0.2) is 97.1 Å². The highest BCUT2D eigenvalue weighted by atomic mass is 14.7. The summed E-state index contributed by atoms with van der Waals surface area (Å²) in [4.78, 5) is 4.79. The van der Waals surface area contributed by atoms with E-state index in [0.29, 0.717) is 17.8 Å². The minimum Gasteiger partial charge on any atom is -0.258 e. The Morgan fingerprint density at radius 2 is 0.510 bits per heavy atom. The second kappa shape index (κ2) is 42.3. The summed E-state index contributed by atoms with van der Waals surface area (Å²) in [5, 5.41) is 0. The molecule has 0 aliphatic heterocycles. The first-order valence-corrected chi connectivity index (χ1v) is 41.3. The average molecular weight is 1360 g/mol.